The highest BCUT2D eigenvalue weighted by molar-refractivity contribution is 7.17. The Labute approximate surface area is 252 Å². The minimum Gasteiger partial charge on any atom is -0.445 e. The summed E-state index contributed by atoms with van der Waals surface area (Å²) in [4.78, 5) is 29.7. The van der Waals surface area contributed by atoms with Crippen LogP contribution in [-0.4, -0.2) is 49.7 Å². The van der Waals surface area contributed by atoms with Crippen LogP contribution in [0.5, 0.6) is 10.8 Å². The Kier molecular flexibility index (Phi) is 11.1. The quantitative estimate of drug-likeness (QED) is 0.143. The lowest BCUT2D eigenvalue weighted by molar-refractivity contribution is 0.102. The van der Waals surface area contributed by atoms with Crippen LogP contribution in [0.1, 0.15) is 62.4 Å². The van der Waals surface area contributed by atoms with Crippen LogP contribution < -0.4 is 25.2 Å². The maximum Gasteiger partial charge on any atom is 0.319 e. The number of hydrogen-bond acceptors (Lipinski definition) is 6. The van der Waals surface area contributed by atoms with Crippen LogP contribution in [-0.2, 0) is 11.3 Å². The molecule has 1 atom stereocenters. The number of anilines is 2. The van der Waals surface area contributed by atoms with Gasteiger partial charge < -0.3 is 20.1 Å². The Morgan fingerprint density at radius 2 is 1.83 bits per heavy atom. The molecule has 0 saturated heterocycles. The predicted molar refractivity (Wildman–Crippen MR) is 171 cm³/mol. The maximum atomic E-state index is 13.0. The van der Waals surface area contributed by atoms with Crippen molar-refractivity contribution >= 4 is 39.8 Å². The predicted octanol–water partition coefficient (Wildman–Crippen LogP) is 7.32. The van der Waals surface area contributed by atoms with Gasteiger partial charge in [0.2, 0.25) is 5.06 Å². The molecule has 3 aromatic rings. The molecule has 0 aliphatic carbocycles. The van der Waals surface area contributed by atoms with Crippen molar-refractivity contribution in [2.45, 2.75) is 59.1 Å². The zero-order chi connectivity index (χ0) is 30.0. The Hall–Kier alpha value is -3.73. The molecule has 1 aliphatic heterocycles. The minimum absolute atomic E-state index is 0.128. The van der Waals surface area contributed by atoms with Crippen LogP contribution in [0.15, 0.2) is 60.8 Å². The summed E-state index contributed by atoms with van der Waals surface area (Å²) >= 11 is 1.24. The van der Waals surface area contributed by atoms with Gasteiger partial charge in [-0.05, 0) is 67.8 Å². The number of ether oxygens (including phenoxy) is 2. The fraction of sp³-hybridized carbons (Fsp3) is 0.406. The first kappa shape index (κ1) is 31.2. The standard InChI is InChI=1S/C32H41N5O4S/c1-5-17-37(18-9-8-10-19-37)27-14-11-23(12-15-27)30(38)36-32-33-21-29(42-32)41-28-16-13-26(20-24(28)22-40-4)35-31(39)34-25(6-2)7-3/h8-9,11-16,20-21,25H,5-7,10,17-19,22H2,1-4H3,(H2-,33,34,35,36,38,39)/p+1. The average molecular weight is 593 g/mol. The zero-order valence-electron chi connectivity index (χ0n) is 24.9. The Morgan fingerprint density at radius 3 is 2.50 bits per heavy atom. The molecular weight excluding hydrogens is 550 g/mol. The van der Waals surface area contributed by atoms with Crippen LogP contribution >= 0.6 is 11.3 Å². The number of quaternary nitrogens is 1. The van der Waals surface area contributed by atoms with E-state index in [-0.39, 0.29) is 18.0 Å². The number of hydrogen-bond donors (Lipinski definition) is 3. The zero-order valence-corrected chi connectivity index (χ0v) is 25.8. The molecule has 1 aliphatic rings. The van der Waals surface area contributed by atoms with Gasteiger partial charge in [-0.25, -0.2) is 9.78 Å². The van der Waals surface area contributed by atoms with Crippen LogP contribution in [0.25, 0.3) is 0 Å². The summed E-state index contributed by atoms with van der Waals surface area (Å²) in [7, 11) is 1.60. The topological polar surface area (TPSA) is 102 Å². The van der Waals surface area contributed by atoms with Crippen LogP contribution in [0.4, 0.5) is 21.3 Å². The van der Waals surface area contributed by atoms with E-state index in [1.54, 1.807) is 25.4 Å². The molecule has 0 bridgehead atoms. The first-order valence-electron chi connectivity index (χ1n) is 14.7. The highest BCUT2D eigenvalue weighted by Gasteiger charge is 2.29. The van der Waals surface area contributed by atoms with Crippen molar-refractivity contribution in [1.29, 1.82) is 0 Å². The SMILES string of the molecule is CCC[N+]1(c2ccc(C(=O)Nc3ncc(Oc4ccc(NC(=O)NC(CC)CC)cc4COC)s3)cc2)CC=CCC1. The number of aromatic nitrogens is 1. The highest BCUT2D eigenvalue weighted by Crippen LogP contribution is 2.34. The van der Waals surface area contributed by atoms with Gasteiger partial charge in [-0.2, -0.15) is 0 Å². The summed E-state index contributed by atoms with van der Waals surface area (Å²) < 4.78 is 12.4. The van der Waals surface area contributed by atoms with Crippen molar-refractivity contribution in [2.75, 3.05) is 37.4 Å². The van der Waals surface area contributed by atoms with Crippen molar-refractivity contribution in [3.8, 4) is 10.8 Å². The monoisotopic (exact) mass is 592 g/mol. The van der Waals surface area contributed by atoms with Crippen molar-refractivity contribution < 1.29 is 19.1 Å². The van der Waals surface area contributed by atoms with Gasteiger partial charge in [0.05, 0.1) is 25.9 Å². The number of rotatable bonds is 13. The number of thiazole rings is 1. The fourth-order valence-electron chi connectivity index (χ4n) is 5.24. The van der Waals surface area contributed by atoms with Gasteiger partial charge in [0.1, 0.15) is 18.0 Å². The van der Waals surface area contributed by atoms with E-state index in [9.17, 15) is 9.59 Å². The van der Waals surface area contributed by atoms with Crippen LogP contribution in [0.2, 0.25) is 0 Å². The number of nitrogens with one attached hydrogen (secondary N) is 3. The van der Waals surface area contributed by atoms with Crippen molar-refractivity contribution in [1.82, 2.24) is 14.8 Å². The fourth-order valence-corrected chi connectivity index (χ4v) is 5.92. The van der Waals surface area contributed by atoms with E-state index in [1.165, 1.54) is 17.0 Å². The van der Waals surface area contributed by atoms with Crippen molar-refractivity contribution in [3.05, 3.63) is 71.9 Å². The number of nitrogens with zero attached hydrogens (tertiary/aromatic N) is 2. The van der Waals surface area contributed by atoms with Crippen LogP contribution in [0.3, 0.4) is 0 Å². The van der Waals surface area contributed by atoms with Gasteiger partial charge in [0, 0.05) is 36.4 Å². The first-order chi connectivity index (χ1) is 20.4. The number of benzene rings is 2. The number of carbonyl (C=O) groups excluding carboxylic acids is 2. The van der Waals surface area contributed by atoms with E-state index < -0.39 is 0 Å². The minimum atomic E-state index is -0.246. The van der Waals surface area contributed by atoms with E-state index in [1.807, 2.05) is 32.0 Å². The molecule has 2 heterocycles. The molecular formula is C32H42N5O4S+. The molecule has 10 heteroatoms. The average Bonchev–Trinajstić information content (AvgIpc) is 3.44. The van der Waals surface area contributed by atoms with E-state index >= 15 is 0 Å². The second kappa shape index (κ2) is 14.9. The van der Waals surface area contributed by atoms with E-state index in [0.29, 0.717) is 33.8 Å². The van der Waals surface area contributed by atoms with Gasteiger partial charge in [0.15, 0.2) is 5.13 Å². The van der Waals surface area contributed by atoms with E-state index in [2.05, 4.69) is 52.1 Å². The molecule has 42 heavy (non-hydrogen) atoms. The summed E-state index contributed by atoms with van der Waals surface area (Å²) in [5, 5.41) is 9.70. The number of urea groups is 1. The molecule has 1 aromatic heterocycles. The Morgan fingerprint density at radius 1 is 1.05 bits per heavy atom. The van der Waals surface area contributed by atoms with Gasteiger partial charge in [-0.1, -0.05) is 38.2 Å². The largest absolute Gasteiger partial charge is 0.445 e. The molecule has 224 valence electrons. The maximum absolute atomic E-state index is 13.0. The summed E-state index contributed by atoms with van der Waals surface area (Å²) in [6.07, 6.45) is 10.0. The van der Waals surface area contributed by atoms with Crippen molar-refractivity contribution in [2.24, 2.45) is 0 Å². The third kappa shape index (κ3) is 7.96. The van der Waals surface area contributed by atoms with E-state index in [0.717, 1.165) is 55.4 Å². The summed E-state index contributed by atoms with van der Waals surface area (Å²) in [5.74, 6) is 0.363. The highest BCUT2D eigenvalue weighted by atomic mass is 32.1. The molecule has 1 unspecified atom stereocenters. The lowest BCUT2D eigenvalue weighted by Gasteiger charge is -2.39. The molecule has 0 fully saturated rings. The Balaban J connectivity index is 1.39. The third-order valence-corrected chi connectivity index (χ3v) is 8.32. The molecule has 0 spiro atoms. The summed E-state index contributed by atoms with van der Waals surface area (Å²) in [5.41, 5.74) is 3.23. The lowest BCUT2D eigenvalue weighted by atomic mass is 10.1. The van der Waals surface area contributed by atoms with Gasteiger partial charge in [-0.3, -0.25) is 14.6 Å². The molecule has 4 rings (SSSR count). The Bertz CT molecular complexity index is 1370. The number of amides is 3. The number of carbonyl (C=O) groups is 2. The second-order valence-electron chi connectivity index (χ2n) is 10.5. The molecule has 2 aromatic carbocycles. The smallest absolute Gasteiger partial charge is 0.319 e. The third-order valence-electron chi connectivity index (χ3n) is 7.53. The molecule has 0 saturated carbocycles. The van der Waals surface area contributed by atoms with Gasteiger partial charge in [-0.15, -0.1) is 0 Å². The molecule has 3 N–H and O–H groups in total. The van der Waals surface area contributed by atoms with Crippen LogP contribution in [0, 0.1) is 0 Å². The van der Waals surface area contributed by atoms with E-state index in [4.69, 9.17) is 9.47 Å². The first-order valence-corrected chi connectivity index (χ1v) is 15.5. The van der Waals surface area contributed by atoms with Crippen molar-refractivity contribution in [3.63, 3.8) is 0 Å². The molecule has 3 amide bonds. The molecule has 9 nitrogen and oxygen atoms in total. The molecule has 0 radical (unpaired) electrons. The second-order valence-corrected chi connectivity index (χ2v) is 11.5. The summed E-state index contributed by atoms with van der Waals surface area (Å²) in [6, 6.07) is 13.2. The van der Waals surface area contributed by atoms with Gasteiger partial charge >= 0.3 is 6.03 Å². The summed E-state index contributed by atoms with van der Waals surface area (Å²) in [6.45, 7) is 9.75. The number of methoxy groups -OCH3 is 1. The normalized spacial score (nSPS) is 16.3. The van der Waals surface area contributed by atoms with Gasteiger partial charge in [0.25, 0.3) is 5.91 Å². The lowest BCUT2D eigenvalue weighted by Crippen LogP contribution is -2.51.